The molecule has 1 amide bonds. The fourth-order valence-electron chi connectivity index (χ4n) is 3.41. The van der Waals surface area contributed by atoms with Crippen LogP contribution in [0.1, 0.15) is 16.1 Å². The number of amides is 1. The molecule has 0 unspecified atom stereocenters. The number of piperazine rings is 1. The quantitative estimate of drug-likeness (QED) is 0.722. The van der Waals surface area contributed by atoms with E-state index in [-0.39, 0.29) is 5.91 Å². The summed E-state index contributed by atoms with van der Waals surface area (Å²) in [5, 5.41) is 7.00. The molecule has 0 spiro atoms. The van der Waals surface area contributed by atoms with Crippen molar-refractivity contribution in [1.29, 1.82) is 0 Å². The molecule has 29 heavy (non-hydrogen) atoms. The zero-order valence-corrected chi connectivity index (χ0v) is 15.5. The summed E-state index contributed by atoms with van der Waals surface area (Å²) < 4.78 is 38.8. The molecule has 2 aromatic carbocycles. The summed E-state index contributed by atoms with van der Waals surface area (Å²) in [5.41, 5.74) is 1.85. The zero-order valence-electron chi connectivity index (χ0n) is 15.5. The van der Waals surface area contributed by atoms with Crippen LogP contribution >= 0.6 is 0 Å². The molecule has 0 atom stereocenters. The maximum absolute atomic E-state index is 12.9. The number of nitrogens with zero attached hydrogens (tertiary/aromatic N) is 3. The molecule has 1 aliphatic heterocycles. The van der Waals surface area contributed by atoms with Gasteiger partial charge in [-0.05, 0) is 24.3 Å². The Morgan fingerprint density at radius 2 is 1.66 bits per heavy atom. The summed E-state index contributed by atoms with van der Waals surface area (Å²) in [6, 6.07) is 16.5. The Balaban J connectivity index is 1.41. The van der Waals surface area contributed by atoms with Gasteiger partial charge in [0.05, 0.1) is 11.3 Å². The second-order valence-corrected chi connectivity index (χ2v) is 6.86. The SMILES string of the molecule is O=C(c1cc(-c2ccccc2)n[nH]1)N1CCN(c2cccc(C(F)(F)F)c2)CC1. The lowest BCUT2D eigenvalue weighted by Gasteiger charge is -2.36. The maximum atomic E-state index is 12.9. The van der Waals surface area contributed by atoms with Gasteiger partial charge in [0.2, 0.25) is 0 Å². The van der Waals surface area contributed by atoms with Gasteiger partial charge >= 0.3 is 6.18 Å². The number of rotatable bonds is 3. The van der Waals surface area contributed by atoms with E-state index in [1.165, 1.54) is 6.07 Å². The van der Waals surface area contributed by atoms with Gasteiger partial charge in [0.1, 0.15) is 5.69 Å². The van der Waals surface area contributed by atoms with Gasteiger partial charge in [-0.2, -0.15) is 18.3 Å². The van der Waals surface area contributed by atoms with Gasteiger partial charge in [0.15, 0.2) is 0 Å². The molecule has 0 bridgehead atoms. The minimum Gasteiger partial charge on any atom is -0.368 e. The highest BCUT2D eigenvalue weighted by atomic mass is 19.4. The number of benzene rings is 2. The summed E-state index contributed by atoms with van der Waals surface area (Å²) in [6.07, 6.45) is -4.37. The molecule has 2 heterocycles. The van der Waals surface area contributed by atoms with Crippen LogP contribution in [0.15, 0.2) is 60.7 Å². The highest BCUT2D eigenvalue weighted by Crippen LogP contribution is 2.32. The van der Waals surface area contributed by atoms with Crippen molar-refractivity contribution < 1.29 is 18.0 Å². The number of anilines is 1. The molecular formula is C21H19F3N4O. The first-order valence-electron chi connectivity index (χ1n) is 9.24. The number of hydrogen-bond donors (Lipinski definition) is 1. The molecule has 150 valence electrons. The second kappa shape index (κ2) is 7.62. The van der Waals surface area contributed by atoms with Crippen molar-refractivity contribution >= 4 is 11.6 Å². The van der Waals surface area contributed by atoms with Crippen LogP contribution in [-0.4, -0.2) is 47.2 Å². The molecule has 0 saturated carbocycles. The Hall–Kier alpha value is -3.29. The number of aromatic nitrogens is 2. The Morgan fingerprint density at radius 1 is 0.931 bits per heavy atom. The largest absolute Gasteiger partial charge is 0.416 e. The third-order valence-corrected chi connectivity index (χ3v) is 4.98. The third-order valence-electron chi connectivity index (χ3n) is 4.98. The lowest BCUT2D eigenvalue weighted by molar-refractivity contribution is -0.137. The Bertz CT molecular complexity index is 992. The van der Waals surface area contributed by atoms with E-state index in [1.54, 1.807) is 17.0 Å². The summed E-state index contributed by atoms with van der Waals surface area (Å²) in [5.74, 6) is -0.164. The van der Waals surface area contributed by atoms with Crippen LogP contribution < -0.4 is 4.90 Å². The van der Waals surface area contributed by atoms with Crippen LogP contribution in [0, 0.1) is 0 Å². The molecule has 0 radical (unpaired) electrons. The highest BCUT2D eigenvalue weighted by molar-refractivity contribution is 5.93. The number of halogens is 3. The standard InChI is InChI=1S/C21H19F3N4O/c22-21(23,24)16-7-4-8-17(13-16)27-9-11-28(12-10-27)20(29)19-14-18(25-26-19)15-5-2-1-3-6-15/h1-8,13-14H,9-12H2,(H,25,26). The number of hydrogen-bond acceptors (Lipinski definition) is 3. The molecule has 1 aliphatic rings. The minimum absolute atomic E-state index is 0.164. The molecule has 1 aromatic heterocycles. The number of nitrogens with one attached hydrogen (secondary N) is 1. The van der Waals surface area contributed by atoms with Gasteiger partial charge < -0.3 is 9.80 Å². The molecule has 8 heteroatoms. The van der Waals surface area contributed by atoms with Gasteiger partial charge in [-0.15, -0.1) is 0 Å². The van der Waals surface area contributed by atoms with E-state index < -0.39 is 11.7 Å². The van der Waals surface area contributed by atoms with E-state index in [1.807, 2.05) is 35.2 Å². The molecule has 5 nitrogen and oxygen atoms in total. The Kier molecular flexibility index (Phi) is 5.00. The van der Waals surface area contributed by atoms with Crippen molar-refractivity contribution in [1.82, 2.24) is 15.1 Å². The first kappa shape index (κ1) is 19.0. The predicted molar refractivity (Wildman–Crippen MR) is 104 cm³/mol. The smallest absolute Gasteiger partial charge is 0.368 e. The van der Waals surface area contributed by atoms with E-state index in [2.05, 4.69) is 10.2 Å². The van der Waals surface area contributed by atoms with E-state index in [9.17, 15) is 18.0 Å². The number of alkyl halides is 3. The minimum atomic E-state index is -4.37. The summed E-state index contributed by atoms with van der Waals surface area (Å²) in [6.45, 7) is 1.78. The molecule has 0 aliphatic carbocycles. The van der Waals surface area contributed by atoms with Crippen molar-refractivity contribution in [2.75, 3.05) is 31.1 Å². The lowest BCUT2D eigenvalue weighted by atomic mass is 10.1. The van der Waals surface area contributed by atoms with Crippen molar-refractivity contribution in [3.05, 3.63) is 71.9 Å². The zero-order chi connectivity index (χ0) is 20.4. The second-order valence-electron chi connectivity index (χ2n) is 6.86. The van der Waals surface area contributed by atoms with Gasteiger partial charge in [-0.25, -0.2) is 0 Å². The fraction of sp³-hybridized carbons (Fsp3) is 0.238. The molecular weight excluding hydrogens is 381 g/mol. The number of H-pyrrole nitrogens is 1. The van der Waals surface area contributed by atoms with Crippen molar-refractivity contribution in [2.45, 2.75) is 6.18 Å². The lowest BCUT2D eigenvalue weighted by Crippen LogP contribution is -2.49. The van der Waals surface area contributed by atoms with Crippen molar-refractivity contribution in [3.8, 4) is 11.3 Å². The van der Waals surface area contributed by atoms with Crippen LogP contribution in [-0.2, 0) is 6.18 Å². The molecule has 4 rings (SSSR count). The van der Waals surface area contributed by atoms with E-state index in [0.717, 1.165) is 17.7 Å². The Morgan fingerprint density at radius 3 is 2.34 bits per heavy atom. The van der Waals surface area contributed by atoms with Crippen LogP contribution in [0.4, 0.5) is 18.9 Å². The van der Waals surface area contributed by atoms with E-state index in [0.29, 0.717) is 43.3 Å². The Labute approximate surface area is 165 Å². The van der Waals surface area contributed by atoms with E-state index >= 15 is 0 Å². The van der Waals surface area contributed by atoms with Crippen LogP contribution in [0.2, 0.25) is 0 Å². The summed E-state index contributed by atoms with van der Waals surface area (Å²) >= 11 is 0. The predicted octanol–water partition coefficient (Wildman–Crippen LogP) is 4.06. The monoisotopic (exact) mass is 400 g/mol. The molecule has 1 saturated heterocycles. The number of carbonyl (C=O) groups excluding carboxylic acids is 1. The average Bonchev–Trinajstić information content (AvgIpc) is 3.24. The molecule has 3 aromatic rings. The highest BCUT2D eigenvalue weighted by Gasteiger charge is 2.31. The first-order valence-corrected chi connectivity index (χ1v) is 9.24. The maximum Gasteiger partial charge on any atom is 0.416 e. The van der Waals surface area contributed by atoms with Crippen molar-refractivity contribution in [2.24, 2.45) is 0 Å². The number of aromatic amines is 1. The van der Waals surface area contributed by atoms with Crippen LogP contribution in [0.5, 0.6) is 0 Å². The van der Waals surface area contributed by atoms with Crippen LogP contribution in [0.3, 0.4) is 0 Å². The third kappa shape index (κ3) is 4.11. The van der Waals surface area contributed by atoms with Gasteiger partial charge in [-0.3, -0.25) is 9.89 Å². The average molecular weight is 400 g/mol. The fourth-order valence-corrected chi connectivity index (χ4v) is 3.41. The van der Waals surface area contributed by atoms with Crippen LogP contribution in [0.25, 0.3) is 11.3 Å². The topological polar surface area (TPSA) is 52.2 Å². The molecule has 1 N–H and O–H groups in total. The van der Waals surface area contributed by atoms with Gasteiger partial charge in [-0.1, -0.05) is 36.4 Å². The number of carbonyl (C=O) groups is 1. The summed E-state index contributed by atoms with van der Waals surface area (Å²) in [4.78, 5) is 16.3. The van der Waals surface area contributed by atoms with Crippen molar-refractivity contribution in [3.63, 3.8) is 0 Å². The summed E-state index contributed by atoms with van der Waals surface area (Å²) in [7, 11) is 0. The van der Waals surface area contributed by atoms with Gasteiger partial charge in [0.25, 0.3) is 5.91 Å². The van der Waals surface area contributed by atoms with Gasteiger partial charge in [0, 0.05) is 37.4 Å². The molecule has 1 fully saturated rings. The normalized spacial score (nSPS) is 14.9. The van der Waals surface area contributed by atoms with E-state index in [4.69, 9.17) is 0 Å². The first-order chi connectivity index (χ1) is 13.9.